The summed E-state index contributed by atoms with van der Waals surface area (Å²) in [5.74, 6) is -0.118. The van der Waals surface area contributed by atoms with Crippen molar-refractivity contribution in [2.75, 3.05) is 6.54 Å². The quantitative estimate of drug-likeness (QED) is 0.836. The first-order valence-corrected chi connectivity index (χ1v) is 6.58. The van der Waals surface area contributed by atoms with Crippen molar-refractivity contribution >= 4 is 11.6 Å². The average Bonchev–Trinajstić information content (AvgIpc) is 2.43. The standard InChI is InChI=1S/C14H15N3O3/c18-10-5-9(6-10)7-16-13(19)11-8-15-12-3-1-2-4-17(12)14(11)20/h1-4,8-10,18H,5-7H2,(H,16,19). The minimum atomic E-state index is -0.415. The summed E-state index contributed by atoms with van der Waals surface area (Å²) in [7, 11) is 0. The van der Waals surface area contributed by atoms with E-state index in [0.29, 0.717) is 31.0 Å². The van der Waals surface area contributed by atoms with E-state index in [0.717, 1.165) is 0 Å². The second kappa shape index (κ2) is 5.05. The number of fused-ring (bicyclic) bond motifs is 1. The van der Waals surface area contributed by atoms with Crippen LogP contribution in [0, 0.1) is 5.92 Å². The maximum Gasteiger partial charge on any atom is 0.270 e. The van der Waals surface area contributed by atoms with Gasteiger partial charge in [0.2, 0.25) is 0 Å². The Morgan fingerprint density at radius 2 is 2.25 bits per heavy atom. The third-order valence-corrected chi connectivity index (χ3v) is 3.62. The van der Waals surface area contributed by atoms with Crippen LogP contribution in [0.25, 0.3) is 5.65 Å². The summed E-state index contributed by atoms with van der Waals surface area (Å²) < 4.78 is 1.35. The third kappa shape index (κ3) is 2.30. The van der Waals surface area contributed by atoms with Gasteiger partial charge in [-0.2, -0.15) is 0 Å². The number of aromatic nitrogens is 2. The fraction of sp³-hybridized carbons (Fsp3) is 0.357. The van der Waals surface area contributed by atoms with Gasteiger partial charge in [0.05, 0.1) is 6.10 Å². The van der Waals surface area contributed by atoms with Crippen LogP contribution in [0.3, 0.4) is 0 Å². The molecular weight excluding hydrogens is 258 g/mol. The Morgan fingerprint density at radius 3 is 3.00 bits per heavy atom. The Balaban J connectivity index is 1.77. The van der Waals surface area contributed by atoms with Gasteiger partial charge >= 0.3 is 0 Å². The molecule has 1 aliphatic rings. The summed E-state index contributed by atoms with van der Waals surface area (Å²) in [6.45, 7) is 0.479. The van der Waals surface area contributed by atoms with Crippen molar-refractivity contribution in [2.45, 2.75) is 18.9 Å². The van der Waals surface area contributed by atoms with E-state index in [9.17, 15) is 14.7 Å². The number of carbonyl (C=O) groups excluding carboxylic acids is 1. The normalized spacial score (nSPS) is 21.4. The Bertz CT molecular complexity index is 704. The lowest BCUT2D eigenvalue weighted by Gasteiger charge is -2.31. The van der Waals surface area contributed by atoms with Crippen LogP contribution < -0.4 is 10.9 Å². The van der Waals surface area contributed by atoms with Crippen molar-refractivity contribution in [1.82, 2.24) is 14.7 Å². The molecule has 2 N–H and O–H groups in total. The number of nitrogens with zero attached hydrogens (tertiary/aromatic N) is 2. The highest BCUT2D eigenvalue weighted by molar-refractivity contribution is 5.93. The average molecular weight is 273 g/mol. The van der Waals surface area contributed by atoms with Gasteiger partial charge in [-0.15, -0.1) is 0 Å². The molecule has 0 aromatic carbocycles. The van der Waals surface area contributed by atoms with Crippen LogP contribution in [-0.2, 0) is 0 Å². The van der Waals surface area contributed by atoms with Gasteiger partial charge in [0.25, 0.3) is 11.5 Å². The molecule has 3 rings (SSSR count). The molecule has 1 aliphatic carbocycles. The fourth-order valence-electron chi connectivity index (χ4n) is 2.38. The van der Waals surface area contributed by atoms with E-state index < -0.39 is 5.91 Å². The van der Waals surface area contributed by atoms with Gasteiger partial charge in [0.1, 0.15) is 11.2 Å². The topological polar surface area (TPSA) is 83.7 Å². The molecular formula is C14H15N3O3. The number of pyridine rings is 1. The highest BCUT2D eigenvalue weighted by Gasteiger charge is 2.27. The van der Waals surface area contributed by atoms with Gasteiger partial charge in [-0.25, -0.2) is 4.98 Å². The fourth-order valence-corrected chi connectivity index (χ4v) is 2.38. The molecule has 104 valence electrons. The van der Waals surface area contributed by atoms with E-state index in [1.54, 1.807) is 24.4 Å². The van der Waals surface area contributed by atoms with Gasteiger partial charge < -0.3 is 10.4 Å². The zero-order chi connectivity index (χ0) is 14.1. The molecule has 0 unspecified atom stereocenters. The zero-order valence-electron chi connectivity index (χ0n) is 10.8. The zero-order valence-corrected chi connectivity index (χ0v) is 10.8. The van der Waals surface area contributed by atoms with Crippen LogP contribution in [-0.4, -0.2) is 33.0 Å². The third-order valence-electron chi connectivity index (χ3n) is 3.62. The van der Waals surface area contributed by atoms with Gasteiger partial charge in [0.15, 0.2) is 0 Å². The van der Waals surface area contributed by atoms with E-state index >= 15 is 0 Å². The number of amides is 1. The lowest BCUT2D eigenvalue weighted by atomic mass is 9.82. The van der Waals surface area contributed by atoms with E-state index in [1.165, 1.54) is 10.6 Å². The van der Waals surface area contributed by atoms with Crippen LogP contribution in [0.2, 0.25) is 0 Å². The summed E-state index contributed by atoms with van der Waals surface area (Å²) in [6, 6.07) is 5.20. The number of aliphatic hydroxyl groups excluding tert-OH is 1. The smallest absolute Gasteiger partial charge is 0.270 e. The van der Waals surface area contributed by atoms with Gasteiger partial charge in [-0.1, -0.05) is 6.07 Å². The molecule has 0 atom stereocenters. The molecule has 0 radical (unpaired) electrons. The summed E-state index contributed by atoms with van der Waals surface area (Å²) in [4.78, 5) is 28.3. The first kappa shape index (κ1) is 12.8. The summed E-state index contributed by atoms with van der Waals surface area (Å²) >= 11 is 0. The largest absolute Gasteiger partial charge is 0.393 e. The van der Waals surface area contributed by atoms with Gasteiger partial charge in [-0.3, -0.25) is 14.0 Å². The van der Waals surface area contributed by atoms with Crippen molar-refractivity contribution in [3.8, 4) is 0 Å². The first-order valence-electron chi connectivity index (χ1n) is 6.58. The SMILES string of the molecule is O=C(NCC1CC(O)C1)c1cnc2ccccn2c1=O. The molecule has 6 nitrogen and oxygen atoms in total. The Labute approximate surface area is 115 Å². The second-order valence-electron chi connectivity index (χ2n) is 5.11. The molecule has 0 aliphatic heterocycles. The van der Waals surface area contributed by atoms with Gasteiger partial charge in [-0.05, 0) is 30.9 Å². The van der Waals surface area contributed by atoms with Crippen molar-refractivity contribution in [3.63, 3.8) is 0 Å². The minimum Gasteiger partial charge on any atom is -0.393 e. The molecule has 1 saturated carbocycles. The van der Waals surface area contributed by atoms with Gasteiger partial charge in [0, 0.05) is 18.9 Å². The second-order valence-corrected chi connectivity index (χ2v) is 5.11. The molecule has 2 aromatic heterocycles. The maximum atomic E-state index is 12.2. The maximum absolute atomic E-state index is 12.2. The molecule has 1 amide bonds. The van der Waals surface area contributed by atoms with Crippen LogP contribution in [0.5, 0.6) is 0 Å². The van der Waals surface area contributed by atoms with E-state index in [1.807, 2.05) is 0 Å². The van der Waals surface area contributed by atoms with Crippen molar-refractivity contribution in [2.24, 2.45) is 5.92 Å². The number of rotatable bonds is 3. The van der Waals surface area contributed by atoms with E-state index in [2.05, 4.69) is 10.3 Å². The number of hydrogen-bond acceptors (Lipinski definition) is 4. The molecule has 6 heteroatoms. The summed E-state index contributed by atoms with van der Waals surface area (Å²) in [6.07, 6.45) is 4.06. The van der Waals surface area contributed by atoms with Crippen LogP contribution in [0.1, 0.15) is 23.2 Å². The predicted molar refractivity (Wildman–Crippen MR) is 72.5 cm³/mol. The highest BCUT2D eigenvalue weighted by atomic mass is 16.3. The molecule has 2 aromatic rings. The lowest BCUT2D eigenvalue weighted by Crippen LogP contribution is -2.40. The molecule has 1 fully saturated rings. The van der Waals surface area contributed by atoms with Crippen molar-refractivity contribution < 1.29 is 9.90 Å². The summed E-state index contributed by atoms with van der Waals surface area (Å²) in [5, 5.41) is 11.9. The number of aliphatic hydroxyl groups is 1. The summed E-state index contributed by atoms with van der Waals surface area (Å²) in [5.41, 5.74) is 0.173. The molecule has 20 heavy (non-hydrogen) atoms. The number of nitrogens with one attached hydrogen (secondary N) is 1. The predicted octanol–water partition coefficient (Wildman–Crippen LogP) is 0.195. The molecule has 0 spiro atoms. The van der Waals surface area contributed by atoms with E-state index in [4.69, 9.17) is 0 Å². The number of hydrogen-bond donors (Lipinski definition) is 2. The van der Waals surface area contributed by atoms with Crippen LogP contribution in [0.4, 0.5) is 0 Å². The van der Waals surface area contributed by atoms with E-state index in [-0.39, 0.29) is 17.2 Å². The molecule has 2 heterocycles. The molecule has 0 saturated heterocycles. The number of carbonyl (C=O) groups is 1. The van der Waals surface area contributed by atoms with Crippen molar-refractivity contribution in [1.29, 1.82) is 0 Å². The monoisotopic (exact) mass is 273 g/mol. The minimum absolute atomic E-state index is 0.0357. The lowest BCUT2D eigenvalue weighted by molar-refractivity contribution is 0.0420. The Kier molecular flexibility index (Phi) is 3.23. The van der Waals surface area contributed by atoms with Crippen LogP contribution in [0.15, 0.2) is 35.4 Å². The Morgan fingerprint density at radius 1 is 1.45 bits per heavy atom. The highest BCUT2D eigenvalue weighted by Crippen LogP contribution is 2.26. The van der Waals surface area contributed by atoms with Crippen LogP contribution >= 0.6 is 0 Å². The first-order chi connectivity index (χ1) is 9.65. The van der Waals surface area contributed by atoms with Crippen molar-refractivity contribution in [3.05, 3.63) is 46.5 Å². The molecule has 0 bridgehead atoms. The Hall–Kier alpha value is -2.21.